The average molecular weight is 507 g/mol. The van der Waals surface area contributed by atoms with Crippen LogP contribution in [0.3, 0.4) is 0 Å². The molecular formula is C23H18N6O6S. The third kappa shape index (κ3) is 5.37. The highest BCUT2D eigenvalue weighted by molar-refractivity contribution is 7.13. The topological polar surface area (TPSA) is 168 Å². The van der Waals surface area contributed by atoms with Gasteiger partial charge in [-0.05, 0) is 22.6 Å². The zero-order valence-corrected chi connectivity index (χ0v) is 19.2. The van der Waals surface area contributed by atoms with Gasteiger partial charge in [-0.25, -0.2) is 10.2 Å². The molecule has 182 valence electrons. The summed E-state index contributed by atoms with van der Waals surface area (Å²) in [5.74, 6) is -1.40. The molecule has 0 saturated heterocycles. The van der Waals surface area contributed by atoms with Crippen LogP contribution in [0.15, 0.2) is 72.1 Å². The molecule has 0 aliphatic rings. The smallest absolute Gasteiger partial charge is 0.425 e. The van der Waals surface area contributed by atoms with Gasteiger partial charge in [-0.3, -0.25) is 30.6 Å². The van der Waals surface area contributed by atoms with E-state index in [9.17, 15) is 29.6 Å². The van der Waals surface area contributed by atoms with Crippen molar-refractivity contribution in [2.45, 2.75) is 6.42 Å². The van der Waals surface area contributed by atoms with E-state index in [-0.39, 0.29) is 34.6 Å². The summed E-state index contributed by atoms with van der Waals surface area (Å²) < 4.78 is 0. The van der Waals surface area contributed by atoms with Crippen LogP contribution in [0.2, 0.25) is 0 Å². The largest absolute Gasteiger partial charge is 0.464 e. The van der Waals surface area contributed by atoms with Crippen molar-refractivity contribution in [3.8, 4) is 21.7 Å². The first-order valence-electron chi connectivity index (χ1n) is 10.4. The second kappa shape index (κ2) is 10.5. The van der Waals surface area contributed by atoms with Crippen molar-refractivity contribution in [3.05, 3.63) is 93.5 Å². The number of non-ortho nitro benzene ring substituents is 1. The van der Waals surface area contributed by atoms with Crippen LogP contribution in [0.5, 0.6) is 0 Å². The highest BCUT2D eigenvalue weighted by Crippen LogP contribution is 2.37. The number of carbonyl (C=O) groups excluding carboxylic acids is 2. The van der Waals surface area contributed by atoms with Gasteiger partial charge in [-0.1, -0.05) is 48.5 Å². The Hall–Kier alpha value is -5.04. The summed E-state index contributed by atoms with van der Waals surface area (Å²) in [6.45, 7) is 0. The second-order valence-corrected chi connectivity index (χ2v) is 8.30. The van der Waals surface area contributed by atoms with Crippen LogP contribution in [0, 0.1) is 10.1 Å². The van der Waals surface area contributed by atoms with E-state index in [0.717, 1.165) is 10.4 Å². The van der Waals surface area contributed by atoms with Gasteiger partial charge in [0.1, 0.15) is 5.69 Å². The molecule has 0 bridgehead atoms. The predicted octanol–water partition coefficient (Wildman–Crippen LogP) is 3.41. The van der Waals surface area contributed by atoms with Gasteiger partial charge < -0.3 is 5.11 Å². The Morgan fingerprint density at radius 3 is 2.47 bits per heavy atom. The molecule has 3 amide bonds. The molecule has 0 aliphatic heterocycles. The Labute approximate surface area is 207 Å². The van der Waals surface area contributed by atoms with Gasteiger partial charge in [0.2, 0.25) is 5.91 Å². The van der Waals surface area contributed by atoms with Crippen LogP contribution in [-0.4, -0.2) is 37.8 Å². The number of nitrogens with zero attached hydrogens (tertiary/aromatic N) is 3. The quantitative estimate of drug-likeness (QED) is 0.220. The number of nitro groups is 1. The van der Waals surface area contributed by atoms with Crippen LogP contribution in [0.25, 0.3) is 21.7 Å². The molecule has 2 heterocycles. The molecule has 36 heavy (non-hydrogen) atoms. The van der Waals surface area contributed by atoms with Crippen LogP contribution >= 0.6 is 11.3 Å². The van der Waals surface area contributed by atoms with E-state index < -0.39 is 22.8 Å². The summed E-state index contributed by atoms with van der Waals surface area (Å²) in [5.41, 5.74) is 7.45. The normalized spacial score (nSPS) is 10.4. The minimum Gasteiger partial charge on any atom is -0.464 e. The summed E-state index contributed by atoms with van der Waals surface area (Å²) in [4.78, 5) is 49.2. The minimum absolute atomic E-state index is 0.00800. The number of rotatable bonds is 7. The molecule has 4 rings (SSSR count). The molecule has 4 aromatic rings. The average Bonchev–Trinajstić information content (AvgIpc) is 3.51. The van der Waals surface area contributed by atoms with Gasteiger partial charge in [0, 0.05) is 17.7 Å². The third-order valence-electron chi connectivity index (χ3n) is 4.93. The molecule has 12 nitrogen and oxygen atoms in total. The summed E-state index contributed by atoms with van der Waals surface area (Å²) in [6, 6.07) is 17.8. The number of nitrogens with one attached hydrogen (secondary N) is 3. The van der Waals surface area contributed by atoms with Crippen LogP contribution < -0.4 is 16.3 Å². The zero-order valence-electron chi connectivity index (χ0n) is 18.4. The number of aromatic nitrogens is 2. The number of hydrogen-bond donors (Lipinski definition) is 4. The Morgan fingerprint density at radius 2 is 1.81 bits per heavy atom. The molecule has 0 fully saturated rings. The molecule has 0 spiro atoms. The molecule has 0 unspecified atom stereocenters. The van der Waals surface area contributed by atoms with Gasteiger partial charge in [0.15, 0.2) is 5.69 Å². The van der Waals surface area contributed by atoms with E-state index in [4.69, 9.17) is 0 Å². The molecule has 4 N–H and O–H groups in total. The number of benzene rings is 2. The molecule has 0 atom stereocenters. The molecule has 0 saturated carbocycles. The summed E-state index contributed by atoms with van der Waals surface area (Å²) >= 11 is 1.28. The Balaban J connectivity index is 1.75. The molecular weight excluding hydrogens is 488 g/mol. The van der Waals surface area contributed by atoms with Crippen molar-refractivity contribution in [2.24, 2.45) is 0 Å². The molecule has 0 aliphatic carbocycles. The maximum Gasteiger partial charge on any atom is 0.425 e. The predicted molar refractivity (Wildman–Crippen MR) is 131 cm³/mol. The zero-order chi connectivity index (χ0) is 25.7. The lowest BCUT2D eigenvalue weighted by Gasteiger charge is -2.11. The fourth-order valence-electron chi connectivity index (χ4n) is 3.44. The second-order valence-electron chi connectivity index (χ2n) is 7.35. The van der Waals surface area contributed by atoms with Gasteiger partial charge in [-0.15, -0.1) is 16.4 Å². The van der Waals surface area contributed by atoms with Crippen molar-refractivity contribution in [3.63, 3.8) is 0 Å². The number of nitro benzene ring substituents is 1. The van der Waals surface area contributed by atoms with Crippen LogP contribution in [0.1, 0.15) is 16.1 Å². The summed E-state index contributed by atoms with van der Waals surface area (Å²) in [6.07, 6.45) is -1.51. The van der Waals surface area contributed by atoms with E-state index in [1.807, 2.05) is 5.43 Å². The first-order chi connectivity index (χ1) is 17.3. The summed E-state index contributed by atoms with van der Waals surface area (Å²) in [7, 11) is 0. The molecule has 2 aromatic heterocycles. The van der Waals surface area contributed by atoms with E-state index in [0.29, 0.717) is 4.88 Å². The van der Waals surface area contributed by atoms with Gasteiger partial charge in [-0.2, -0.15) is 4.79 Å². The van der Waals surface area contributed by atoms with E-state index in [1.54, 1.807) is 47.8 Å². The van der Waals surface area contributed by atoms with E-state index in [1.165, 1.54) is 35.6 Å². The standard InChI is InChI=1S/C23H18N6O6S/c30-18(12-14-6-2-1-3-7-14)24-25-22(31)21-19(15-8-4-9-16(13-15)29(34)35)20(17-10-5-11-36-17)26-28(21)27-23(32)33/h1-11,13,27H,12H2,(H,24,30)(H,25,31)(H,32,33). The third-order valence-corrected chi connectivity index (χ3v) is 5.80. The van der Waals surface area contributed by atoms with Crippen LogP contribution in [-0.2, 0) is 11.2 Å². The van der Waals surface area contributed by atoms with Gasteiger partial charge in [0.25, 0.3) is 11.6 Å². The maximum absolute atomic E-state index is 13.2. The lowest BCUT2D eigenvalue weighted by Crippen LogP contribution is -2.44. The number of thiophene rings is 1. The first-order valence-corrected chi connectivity index (χ1v) is 11.3. The van der Waals surface area contributed by atoms with Crippen molar-refractivity contribution in [1.82, 2.24) is 20.7 Å². The van der Waals surface area contributed by atoms with E-state index in [2.05, 4.69) is 16.0 Å². The number of carbonyl (C=O) groups is 3. The van der Waals surface area contributed by atoms with Gasteiger partial charge in [0.05, 0.1) is 16.2 Å². The summed E-state index contributed by atoms with van der Waals surface area (Å²) in [5, 5.41) is 26.7. The van der Waals surface area contributed by atoms with Crippen molar-refractivity contribution in [1.29, 1.82) is 0 Å². The Morgan fingerprint density at radius 1 is 1.03 bits per heavy atom. The number of hydrogen-bond acceptors (Lipinski definition) is 7. The SMILES string of the molecule is O=C(O)Nn1nc(-c2cccs2)c(-c2cccc([N+](=O)[O-])c2)c1C(=O)NNC(=O)Cc1ccccc1. The number of amides is 3. The minimum atomic E-state index is -1.50. The fourth-order valence-corrected chi connectivity index (χ4v) is 4.16. The lowest BCUT2D eigenvalue weighted by molar-refractivity contribution is -0.384. The maximum atomic E-state index is 13.2. The van der Waals surface area contributed by atoms with Crippen molar-refractivity contribution >= 4 is 34.9 Å². The molecule has 13 heteroatoms. The Kier molecular flexibility index (Phi) is 7.02. The highest BCUT2D eigenvalue weighted by Gasteiger charge is 2.28. The lowest BCUT2D eigenvalue weighted by atomic mass is 10.0. The highest BCUT2D eigenvalue weighted by atomic mass is 32.1. The number of carboxylic acid groups (broad SMARTS) is 1. The Bertz CT molecular complexity index is 1430. The van der Waals surface area contributed by atoms with Crippen molar-refractivity contribution in [2.75, 3.05) is 5.43 Å². The molecule has 0 radical (unpaired) electrons. The van der Waals surface area contributed by atoms with Crippen LogP contribution in [0.4, 0.5) is 10.5 Å². The molecule has 2 aromatic carbocycles. The monoisotopic (exact) mass is 506 g/mol. The van der Waals surface area contributed by atoms with Gasteiger partial charge >= 0.3 is 6.09 Å². The van der Waals surface area contributed by atoms with Crippen molar-refractivity contribution < 1.29 is 24.4 Å². The fraction of sp³-hybridized carbons (Fsp3) is 0.0435. The first kappa shape index (κ1) is 24.1. The van der Waals surface area contributed by atoms with E-state index >= 15 is 0 Å². The number of hydrazine groups is 1.